The Labute approximate surface area is 99.4 Å². The molecule has 0 unspecified atom stereocenters. The summed E-state index contributed by atoms with van der Waals surface area (Å²) in [6.45, 7) is 4.40. The van der Waals surface area contributed by atoms with Crippen molar-refractivity contribution in [1.29, 1.82) is 0 Å². The fourth-order valence-corrected chi connectivity index (χ4v) is 1.91. The normalized spacial score (nSPS) is 24.2. The number of nitrogens with one attached hydrogen (secondary N) is 1. The van der Waals surface area contributed by atoms with Crippen LogP contribution in [-0.4, -0.2) is 34.4 Å². The maximum Gasteiger partial charge on any atom is 0.282 e. The van der Waals surface area contributed by atoms with Crippen LogP contribution in [-0.2, 0) is 4.79 Å². The number of quaternary nitrogens is 1. The first-order valence-electron chi connectivity index (χ1n) is 5.88. The highest BCUT2D eigenvalue weighted by atomic mass is 19.1. The minimum absolute atomic E-state index is 0.145. The number of amides is 1. The van der Waals surface area contributed by atoms with Crippen molar-refractivity contribution >= 4 is 11.6 Å². The SMILES string of the molecule is CC(C)n1cc(NC(=O)[C@@H]2C[C@@H](F)C[NH2+]2)cn1. The summed E-state index contributed by atoms with van der Waals surface area (Å²) in [7, 11) is 0. The number of hydrogen-bond acceptors (Lipinski definition) is 2. The third-order valence-electron chi connectivity index (χ3n) is 2.92. The van der Waals surface area contributed by atoms with E-state index in [2.05, 4.69) is 10.4 Å². The van der Waals surface area contributed by atoms with E-state index < -0.39 is 6.17 Å². The molecule has 17 heavy (non-hydrogen) atoms. The smallest absolute Gasteiger partial charge is 0.282 e. The average molecular weight is 241 g/mol. The number of nitrogens with two attached hydrogens (primary N) is 1. The molecule has 1 fully saturated rings. The number of hydrogen-bond donors (Lipinski definition) is 2. The molecule has 6 heteroatoms. The molecular formula is C11H18FN4O+. The minimum atomic E-state index is -0.871. The summed E-state index contributed by atoms with van der Waals surface area (Å²) in [5.74, 6) is -0.145. The molecule has 0 aromatic carbocycles. The highest BCUT2D eigenvalue weighted by Crippen LogP contribution is 2.11. The van der Waals surface area contributed by atoms with Gasteiger partial charge in [0.2, 0.25) is 0 Å². The Kier molecular flexibility index (Phi) is 3.42. The predicted molar refractivity (Wildman–Crippen MR) is 61.3 cm³/mol. The lowest BCUT2D eigenvalue weighted by atomic mass is 10.2. The first-order chi connectivity index (χ1) is 8.06. The van der Waals surface area contributed by atoms with Crippen LogP contribution in [0.4, 0.5) is 10.1 Å². The third kappa shape index (κ3) is 2.82. The Hall–Kier alpha value is -1.43. The monoisotopic (exact) mass is 241 g/mol. The molecule has 5 nitrogen and oxygen atoms in total. The first kappa shape index (κ1) is 12.0. The highest BCUT2D eigenvalue weighted by molar-refractivity contribution is 5.93. The van der Waals surface area contributed by atoms with Crippen molar-refractivity contribution in [1.82, 2.24) is 9.78 Å². The molecule has 1 aromatic rings. The second-order valence-electron chi connectivity index (χ2n) is 4.70. The summed E-state index contributed by atoms with van der Waals surface area (Å²) >= 11 is 0. The lowest BCUT2D eigenvalue weighted by Gasteiger charge is -2.06. The van der Waals surface area contributed by atoms with Gasteiger partial charge in [-0.25, -0.2) is 4.39 Å². The number of anilines is 1. The van der Waals surface area contributed by atoms with Crippen molar-refractivity contribution in [3.8, 4) is 0 Å². The van der Waals surface area contributed by atoms with Gasteiger partial charge in [-0.3, -0.25) is 9.48 Å². The van der Waals surface area contributed by atoms with E-state index in [9.17, 15) is 9.18 Å². The molecule has 2 atom stereocenters. The number of carbonyl (C=O) groups is 1. The van der Waals surface area contributed by atoms with Crippen molar-refractivity contribution in [3.05, 3.63) is 12.4 Å². The van der Waals surface area contributed by atoms with E-state index in [1.165, 1.54) is 0 Å². The minimum Gasteiger partial charge on any atom is -0.334 e. The van der Waals surface area contributed by atoms with Crippen LogP contribution in [0.1, 0.15) is 26.3 Å². The Morgan fingerprint density at radius 2 is 2.47 bits per heavy atom. The number of aromatic nitrogens is 2. The van der Waals surface area contributed by atoms with E-state index in [0.717, 1.165) is 0 Å². The van der Waals surface area contributed by atoms with Crippen LogP contribution in [0.25, 0.3) is 0 Å². The predicted octanol–water partition coefficient (Wildman–Crippen LogP) is 0.0763. The van der Waals surface area contributed by atoms with Crippen molar-refractivity contribution in [2.45, 2.75) is 38.5 Å². The van der Waals surface area contributed by atoms with Gasteiger partial charge in [0.05, 0.1) is 11.9 Å². The molecule has 1 aliphatic heterocycles. The van der Waals surface area contributed by atoms with Gasteiger partial charge in [-0.2, -0.15) is 5.10 Å². The second kappa shape index (κ2) is 4.83. The fraction of sp³-hybridized carbons (Fsp3) is 0.636. The van der Waals surface area contributed by atoms with Gasteiger partial charge in [0.1, 0.15) is 6.54 Å². The van der Waals surface area contributed by atoms with Gasteiger partial charge in [-0.1, -0.05) is 0 Å². The van der Waals surface area contributed by atoms with Gasteiger partial charge in [-0.05, 0) is 13.8 Å². The topological polar surface area (TPSA) is 63.5 Å². The van der Waals surface area contributed by atoms with Crippen molar-refractivity contribution in [3.63, 3.8) is 0 Å². The van der Waals surface area contributed by atoms with Crippen LogP contribution >= 0.6 is 0 Å². The summed E-state index contributed by atoms with van der Waals surface area (Å²) in [6.07, 6.45) is 2.82. The maximum absolute atomic E-state index is 13.0. The fourth-order valence-electron chi connectivity index (χ4n) is 1.91. The van der Waals surface area contributed by atoms with Crippen LogP contribution in [0.15, 0.2) is 12.4 Å². The summed E-state index contributed by atoms with van der Waals surface area (Å²) in [5.41, 5.74) is 0.666. The molecule has 2 rings (SSSR count). The Balaban J connectivity index is 1.93. The molecule has 3 N–H and O–H groups in total. The number of halogens is 1. The number of alkyl halides is 1. The molecule has 0 radical (unpaired) electrons. The van der Waals surface area contributed by atoms with Gasteiger partial charge in [0.25, 0.3) is 5.91 Å². The van der Waals surface area contributed by atoms with E-state index in [4.69, 9.17) is 0 Å². The summed E-state index contributed by atoms with van der Waals surface area (Å²) in [5, 5.41) is 8.63. The molecule has 0 saturated carbocycles. The Morgan fingerprint density at radius 1 is 1.71 bits per heavy atom. The maximum atomic E-state index is 13.0. The van der Waals surface area contributed by atoms with Gasteiger partial charge < -0.3 is 10.6 Å². The lowest BCUT2D eigenvalue weighted by Crippen LogP contribution is -2.89. The van der Waals surface area contributed by atoms with Gasteiger partial charge in [-0.15, -0.1) is 0 Å². The van der Waals surface area contributed by atoms with Crippen LogP contribution in [0.5, 0.6) is 0 Å². The van der Waals surface area contributed by atoms with Gasteiger partial charge in [0.15, 0.2) is 12.2 Å². The average Bonchev–Trinajstić information content (AvgIpc) is 2.86. The number of carbonyl (C=O) groups excluding carboxylic acids is 1. The van der Waals surface area contributed by atoms with E-state index >= 15 is 0 Å². The second-order valence-corrected chi connectivity index (χ2v) is 4.70. The van der Waals surface area contributed by atoms with Crippen molar-refractivity contribution in [2.75, 3.05) is 11.9 Å². The van der Waals surface area contributed by atoms with E-state index in [1.807, 2.05) is 13.8 Å². The Morgan fingerprint density at radius 3 is 3.00 bits per heavy atom. The van der Waals surface area contributed by atoms with Gasteiger partial charge in [0, 0.05) is 18.7 Å². The molecule has 0 aliphatic carbocycles. The molecule has 2 heterocycles. The summed E-state index contributed by atoms with van der Waals surface area (Å²) in [6, 6.07) is -0.0543. The van der Waals surface area contributed by atoms with E-state index in [1.54, 1.807) is 22.4 Å². The van der Waals surface area contributed by atoms with Crippen LogP contribution in [0, 0.1) is 0 Å². The van der Waals surface area contributed by atoms with Crippen molar-refractivity contribution in [2.24, 2.45) is 0 Å². The molecule has 1 amide bonds. The quantitative estimate of drug-likeness (QED) is 0.787. The zero-order valence-electron chi connectivity index (χ0n) is 10.1. The lowest BCUT2D eigenvalue weighted by molar-refractivity contribution is -0.658. The van der Waals surface area contributed by atoms with Crippen LogP contribution < -0.4 is 10.6 Å². The summed E-state index contributed by atoms with van der Waals surface area (Å²) < 4.78 is 14.7. The molecule has 0 spiro atoms. The molecule has 94 valence electrons. The number of nitrogens with zero attached hydrogens (tertiary/aromatic N) is 2. The molecule has 1 saturated heterocycles. The first-order valence-corrected chi connectivity index (χ1v) is 5.88. The van der Waals surface area contributed by atoms with Crippen LogP contribution in [0.2, 0.25) is 0 Å². The van der Waals surface area contributed by atoms with Crippen molar-refractivity contribution < 1.29 is 14.5 Å². The van der Waals surface area contributed by atoms with E-state index in [-0.39, 0.29) is 18.0 Å². The largest absolute Gasteiger partial charge is 0.334 e. The van der Waals surface area contributed by atoms with Gasteiger partial charge >= 0.3 is 0 Å². The summed E-state index contributed by atoms with van der Waals surface area (Å²) in [4.78, 5) is 11.8. The Bertz CT molecular complexity index is 404. The molecule has 1 aromatic heterocycles. The standard InChI is InChI=1S/C11H17FN4O/c1-7(2)16-6-9(5-14-16)15-11(17)10-3-8(12)4-13-10/h5-8,10,13H,3-4H2,1-2H3,(H,15,17)/p+1/t8-,10+/m1/s1. The zero-order chi connectivity index (χ0) is 12.4. The highest BCUT2D eigenvalue weighted by Gasteiger charge is 2.33. The van der Waals surface area contributed by atoms with Crippen LogP contribution in [0.3, 0.4) is 0 Å². The molecular weight excluding hydrogens is 223 g/mol. The zero-order valence-corrected chi connectivity index (χ0v) is 10.1. The molecule has 1 aliphatic rings. The molecule has 0 bridgehead atoms. The third-order valence-corrected chi connectivity index (χ3v) is 2.92. The van der Waals surface area contributed by atoms with E-state index in [0.29, 0.717) is 18.7 Å². The number of rotatable bonds is 3.